The maximum absolute atomic E-state index is 11.8. The Hall–Kier alpha value is -0.660. The van der Waals surface area contributed by atoms with Crippen LogP contribution in [-0.4, -0.2) is 30.9 Å². The minimum Gasteiger partial charge on any atom is -0.371 e. The maximum Gasteiger partial charge on any atom is 0.411 e. The molecule has 0 unspecified atom stereocenters. The van der Waals surface area contributed by atoms with Crippen molar-refractivity contribution in [3.8, 4) is 0 Å². The zero-order chi connectivity index (χ0) is 14.5. The number of hydrogen-bond acceptors (Lipinski definition) is 4. The highest BCUT2D eigenvalue weighted by Crippen LogP contribution is 2.25. The van der Waals surface area contributed by atoms with Crippen LogP contribution in [0.15, 0.2) is 5.38 Å². The van der Waals surface area contributed by atoms with Crippen LogP contribution in [-0.2, 0) is 16.7 Å². The van der Waals surface area contributed by atoms with Gasteiger partial charge in [0.1, 0.15) is 6.61 Å². The standard InChI is InChI=1S/C12H19F3N2OS/c1-11(2,3)10-17-9(7-19-10)6-16-4-5-18-8-12(13,14)15/h7,16H,4-6,8H2,1-3H3. The van der Waals surface area contributed by atoms with E-state index in [1.807, 2.05) is 5.38 Å². The number of nitrogens with one attached hydrogen (secondary N) is 1. The Morgan fingerprint density at radius 2 is 2.00 bits per heavy atom. The molecule has 110 valence electrons. The first-order valence-corrected chi connectivity index (χ1v) is 6.86. The average molecular weight is 296 g/mol. The van der Waals surface area contributed by atoms with Crippen molar-refractivity contribution in [3.63, 3.8) is 0 Å². The van der Waals surface area contributed by atoms with Crippen LogP contribution in [0, 0.1) is 0 Å². The molecule has 0 radical (unpaired) electrons. The lowest BCUT2D eigenvalue weighted by atomic mass is 9.98. The number of hydrogen-bond donors (Lipinski definition) is 1. The SMILES string of the molecule is CC(C)(C)c1nc(CNCCOCC(F)(F)F)cs1. The van der Waals surface area contributed by atoms with E-state index in [1.54, 1.807) is 11.3 Å². The predicted octanol–water partition coefficient (Wildman–Crippen LogP) is 3.11. The zero-order valence-electron chi connectivity index (χ0n) is 11.3. The van der Waals surface area contributed by atoms with Gasteiger partial charge in [-0.15, -0.1) is 11.3 Å². The molecule has 1 rings (SSSR count). The van der Waals surface area contributed by atoms with Crippen molar-refractivity contribution in [3.05, 3.63) is 16.1 Å². The Bertz CT molecular complexity index is 385. The van der Waals surface area contributed by atoms with E-state index in [1.165, 1.54) is 0 Å². The Kier molecular flexibility index (Phi) is 5.76. The minimum atomic E-state index is -4.25. The van der Waals surface area contributed by atoms with Gasteiger partial charge >= 0.3 is 6.18 Å². The number of thiazole rings is 1. The van der Waals surface area contributed by atoms with Gasteiger partial charge in [0.05, 0.1) is 17.3 Å². The number of halogens is 3. The van der Waals surface area contributed by atoms with Crippen LogP contribution in [0.3, 0.4) is 0 Å². The van der Waals surface area contributed by atoms with Crippen molar-refractivity contribution >= 4 is 11.3 Å². The van der Waals surface area contributed by atoms with E-state index in [0.717, 1.165) is 10.7 Å². The highest BCUT2D eigenvalue weighted by molar-refractivity contribution is 7.09. The summed E-state index contributed by atoms with van der Waals surface area (Å²) in [4.78, 5) is 4.47. The molecule has 0 spiro atoms. The molecule has 1 N–H and O–H groups in total. The number of alkyl halides is 3. The molecule has 19 heavy (non-hydrogen) atoms. The van der Waals surface area contributed by atoms with Gasteiger partial charge in [-0.3, -0.25) is 0 Å². The molecule has 1 heterocycles. The fraction of sp³-hybridized carbons (Fsp3) is 0.750. The molecule has 0 atom stereocenters. The summed E-state index contributed by atoms with van der Waals surface area (Å²) in [5, 5.41) is 6.02. The molecule has 0 aliphatic carbocycles. The van der Waals surface area contributed by atoms with E-state index in [4.69, 9.17) is 0 Å². The molecular formula is C12H19F3N2OS. The summed E-state index contributed by atoms with van der Waals surface area (Å²) in [6, 6.07) is 0. The van der Waals surface area contributed by atoms with Gasteiger partial charge in [0, 0.05) is 23.9 Å². The van der Waals surface area contributed by atoms with Crippen molar-refractivity contribution in [2.45, 2.75) is 38.9 Å². The van der Waals surface area contributed by atoms with E-state index in [0.29, 0.717) is 13.1 Å². The topological polar surface area (TPSA) is 34.2 Å². The van der Waals surface area contributed by atoms with E-state index in [2.05, 4.69) is 35.8 Å². The first kappa shape index (κ1) is 16.4. The Labute approximate surface area is 115 Å². The fourth-order valence-corrected chi connectivity index (χ4v) is 2.19. The highest BCUT2D eigenvalue weighted by Gasteiger charge is 2.27. The Morgan fingerprint density at radius 3 is 2.53 bits per heavy atom. The molecular weight excluding hydrogens is 277 g/mol. The van der Waals surface area contributed by atoms with E-state index in [9.17, 15) is 13.2 Å². The van der Waals surface area contributed by atoms with Gasteiger partial charge in [0.15, 0.2) is 0 Å². The second-order valence-corrected chi connectivity index (χ2v) is 6.10. The van der Waals surface area contributed by atoms with Crippen molar-refractivity contribution in [2.24, 2.45) is 0 Å². The summed E-state index contributed by atoms with van der Waals surface area (Å²) in [6.45, 7) is 6.03. The monoisotopic (exact) mass is 296 g/mol. The van der Waals surface area contributed by atoms with Crippen molar-refractivity contribution in [1.29, 1.82) is 0 Å². The third-order valence-corrected chi connectivity index (χ3v) is 3.51. The molecule has 7 heteroatoms. The number of nitrogens with zero attached hydrogens (tertiary/aromatic N) is 1. The lowest BCUT2D eigenvalue weighted by Crippen LogP contribution is -2.23. The molecule has 1 aromatic rings. The first-order chi connectivity index (χ1) is 8.68. The third-order valence-electron chi connectivity index (χ3n) is 2.19. The van der Waals surface area contributed by atoms with Crippen LogP contribution in [0.5, 0.6) is 0 Å². The lowest BCUT2D eigenvalue weighted by molar-refractivity contribution is -0.173. The van der Waals surface area contributed by atoms with Crippen molar-refractivity contribution < 1.29 is 17.9 Å². The molecule has 0 aliphatic heterocycles. The molecule has 0 bridgehead atoms. The zero-order valence-corrected chi connectivity index (χ0v) is 12.1. The number of rotatable bonds is 6. The average Bonchev–Trinajstić information content (AvgIpc) is 2.69. The second-order valence-electron chi connectivity index (χ2n) is 5.24. The van der Waals surface area contributed by atoms with Gasteiger partial charge in [-0.2, -0.15) is 13.2 Å². The number of aromatic nitrogens is 1. The summed E-state index contributed by atoms with van der Waals surface area (Å²) in [5.74, 6) is 0. The summed E-state index contributed by atoms with van der Waals surface area (Å²) in [7, 11) is 0. The largest absolute Gasteiger partial charge is 0.411 e. The number of ether oxygens (including phenoxy) is 1. The van der Waals surface area contributed by atoms with Gasteiger partial charge in [0.2, 0.25) is 0 Å². The normalized spacial score (nSPS) is 12.9. The molecule has 0 saturated carbocycles. The summed E-state index contributed by atoms with van der Waals surface area (Å²) in [6.07, 6.45) is -4.25. The molecule has 0 aliphatic rings. The Morgan fingerprint density at radius 1 is 1.32 bits per heavy atom. The second kappa shape index (κ2) is 6.67. The van der Waals surface area contributed by atoms with E-state index >= 15 is 0 Å². The molecule has 0 fully saturated rings. The van der Waals surface area contributed by atoms with Crippen LogP contribution in [0.1, 0.15) is 31.5 Å². The summed E-state index contributed by atoms with van der Waals surface area (Å²) in [5.41, 5.74) is 0.935. The minimum absolute atomic E-state index is 0.0265. The van der Waals surface area contributed by atoms with Crippen LogP contribution < -0.4 is 5.32 Å². The van der Waals surface area contributed by atoms with Crippen molar-refractivity contribution in [1.82, 2.24) is 10.3 Å². The maximum atomic E-state index is 11.8. The van der Waals surface area contributed by atoms with Crippen LogP contribution in [0.25, 0.3) is 0 Å². The predicted molar refractivity (Wildman–Crippen MR) is 69.4 cm³/mol. The van der Waals surface area contributed by atoms with Crippen molar-refractivity contribution in [2.75, 3.05) is 19.8 Å². The molecule has 0 amide bonds. The van der Waals surface area contributed by atoms with Crippen LogP contribution in [0.2, 0.25) is 0 Å². The van der Waals surface area contributed by atoms with Gasteiger partial charge in [0.25, 0.3) is 0 Å². The smallest absolute Gasteiger partial charge is 0.371 e. The summed E-state index contributed by atoms with van der Waals surface area (Å²) < 4.78 is 39.9. The van der Waals surface area contributed by atoms with Gasteiger partial charge < -0.3 is 10.1 Å². The third kappa shape index (κ3) is 6.89. The van der Waals surface area contributed by atoms with Gasteiger partial charge in [-0.25, -0.2) is 4.98 Å². The molecule has 1 aromatic heterocycles. The van der Waals surface area contributed by atoms with Crippen LogP contribution in [0.4, 0.5) is 13.2 Å². The van der Waals surface area contributed by atoms with Crippen LogP contribution >= 0.6 is 11.3 Å². The van der Waals surface area contributed by atoms with E-state index < -0.39 is 12.8 Å². The quantitative estimate of drug-likeness (QED) is 0.819. The van der Waals surface area contributed by atoms with E-state index in [-0.39, 0.29) is 12.0 Å². The molecule has 3 nitrogen and oxygen atoms in total. The fourth-order valence-electron chi connectivity index (χ4n) is 1.28. The highest BCUT2D eigenvalue weighted by atomic mass is 32.1. The Balaban J connectivity index is 2.18. The summed E-state index contributed by atoms with van der Waals surface area (Å²) >= 11 is 1.60. The molecule has 0 aromatic carbocycles. The van der Waals surface area contributed by atoms with Gasteiger partial charge in [-0.05, 0) is 0 Å². The first-order valence-electron chi connectivity index (χ1n) is 5.98. The lowest BCUT2D eigenvalue weighted by Gasteiger charge is -2.13. The molecule has 0 saturated heterocycles. The van der Waals surface area contributed by atoms with Gasteiger partial charge in [-0.1, -0.05) is 20.8 Å².